The molecule has 4 amide bonds. The number of carbonyl (C=O) groups is 6. The van der Waals surface area contributed by atoms with Crippen molar-refractivity contribution in [2.75, 3.05) is 18.4 Å². The molecule has 0 spiro atoms. The summed E-state index contributed by atoms with van der Waals surface area (Å²) in [5, 5.41) is 55.1. The smallest absolute Gasteiger partial charge is 0.336 e. The summed E-state index contributed by atoms with van der Waals surface area (Å²) in [4.78, 5) is 83.6. The maximum absolute atomic E-state index is 12.5. The number of amides is 4. The number of benzene rings is 3. The van der Waals surface area contributed by atoms with Gasteiger partial charge in [0.05, 0.1) is 5.56 Å². The highest BCUT2D eigenvalue weighted by molar-refractivity contribution is 7.80. The summed E-state index contributed by atoms with van der Waals surface area (Å²) in [5.41, 5.74) is 1.61. The average molecular weight is 821 g/mol. The van der Waals surface area contributed by atoms with Crippen LogP contribution in [0.4, 0.5) is 10.5 Å². The van der Waals surface area contributed by atoms with E-state index in [9.17, 15) is 48.9 Å². The van der Waals surface area contributed by atoms with Gasteiger partial charge < -0.3 is 56.7 Å². The molecule has 0 saturated carbocycles. The van der Waals surface area contributed by atoms with E-state index in [4.69, 9.17) is 21.7 Å². The molecule has 0 aromatic heterocycles. The molecule has 2 aromatic carbocycles. The predicted molar refractivity (Wildman–Crippen MR) is 216 cm³/mol. The Hall–Kier alpha value is -6.76. The molecule has 1 aliphatic carbocycles. The number of aromatic carboxylic acids is 1. The molecule has 308 valence electrons. The lowest BCUT2D eigenvalue weighted by Gasteiger charge is -2.19. The van der Waals surface area contributed by atoms with Crippen molar-refractivity contribution in [3.63, 3.8) is 0 Å². The Morgan fingerprint density at radius 2 is 1.38 bits per heavy atom. The minimum absolute atomic E-state index is 0.0646. The van der Waals surface area contributed by atoms with Crippen molar-refractivity contribution in [1.29, 1.82) is 0 Å². The molecule has 0 bridgehead atoms. The van der Waals surface area contributed by atoms with Gasteiger partial charge in [0.2, 0.25) is 11.8 Å². The Morgan fingerprint density at radius 1 is 0.741 bits per heavy atom. The second kappa shape index (κ2) is 20.4. The van der Waals surface area contributed by atoms with Gasteiger partial charge in [0.15, 0.2) is 10.5 Å². The van der Waals surface area contributed by atoms with E-state index < -0.39 is 41.9 Å². The second-order valence-corrected chi connectivity index (χ2v) is 13.9. The van der Waals surface area contributed by atoms with E-state index in [1.807, 2.05) is 0 Å². The first-order valence-electron chi connectivity index (χ1n) is 18.2. The standard InChI is InChI=1S/C39H44N6O12S/c1-20(4-14-34(50)51)42-38(56)45-29(37(54)55)11-13-33(49)41-16-15-40-32(48)12-3-21(2)43-39(58)44-22-5-8-25(28(17-22)36(52)53)35-26-9-6-23(46)18-30(26)57-31-19-24(47)7-10-27(31)35/h5-10,17-21,29,46H,3-4,11-16H2,1-2H3,(H,40,48)(H,41,49)(H,50,51)(H,52,53)(H,54,55)(H2,42,45,56)(H2,43,44,58)/t20-,21-,29+/m1/s1. The van der Waals surface area contributed by atoms with Crippen LogP contribution in [0.25, 0.3) is 33.4 Å². The van der Waals surface area contributed by atoms with Crippen molar-refractivity contribution in [1.82, 2.24) is 26.6 Å². The fraction of sp³-hybridized carbons (Fsp3) is 0.333. The van der Waals surface area contributed by atoms with Gasteiger partial charge in [-0.25, -0.2) is 14.4 Å². The van der Waals surface area contributed by atoms with E-state index in [2.05, 4.69) is 31.9 Å². The molecule has 0 saturated heterocycles. The summed E-state index contributed by atoms with van der Waals surface area (Å²) in [6.45, 7) is 3.57. The number of thiocarbonyl (C=S) groups is 1. The number of aliphatic carboxylic acids is 2. The van der Waals surface area contributed by atoms with E-state index in [1.54, 1.807) is 38.1 Å². The molecule has 2 aromatic rings. The second-order valence-electron chi connectivity index (χ2n) is 13.5. The molecule has 0 radical (unpaired) electrons. The SMILES string of the molecule is C[C@H](CCC(=O)O)NC(=O)N[C@@H](CCC(=O)NCCNC(=O)CC[C@@H](C)NC(=S)Nc1ccc(-c2c3ccc(=O)cc-3oc3cc(O)ccc23)c(C(=O)O)c1)C(=O)O. The third-order valence-electron chi connectivity index (χ3n) is 8.84. The maximum Gasteiger partial charge on any atom is 0.336 e. The van der Waals surface area contributed by atoms with Crippen LogP contribution >= 0.6 is 12.2 Å². The highest BCUT2D eigenvalue weighted by Gasteiger charge is 2.24. The third-order valence-corrected chi connectivity index (χ3v) is 9.06. The van der Waals surface area contributed by atoms with Gasteiger partial charge in [-0.1, -0.05) is 6.07 Å². The molecular weight excluding hydrogens is 777 g/mol. The fourth-order valence-corrected chi connectivity index (χ4v) is 6.25. The van der Waals surface area contributed by atoms with Crippen molar-refractivity contribution in [3.05, 3.63) is 70.4 Å². The molecule has 1 heterocycles. The third kappa shape index (κ3) is 12.9. The number of phenolic OH excluding ortho intramolecular Hbond substituents is 1. The van der Waals surface area contributed by atoms with E-state index in [0.717, 1.165) is 0 Å². The van der Waals surface area contributed by atoms with Crippen LogP contribution in [0.3, 0.4) is 0 Å². The van der Waals surface area contributed by atoms with Gasteiger partial charge in [-0.05, 0) is 87.3 Å². The molecule has 0 fully saturated rings. The van der Waals surface area contributed by atoms with Crippen LogP contribution in [0.15, 0.2) is 63.8 Å². The normalized spacial score (nSPS) is 12.4. The van der Waals surface area contributed by atoms with Gasteiger partial charge in [0, 0.05) is 78.8 Å². The quantitative estimate of drug-likeness (QED) is 0.0368. The van der Waals surface area contributed by atoms with Crippen molar-refractivity contribution >= 4 is 69.7 Å². The summed E-state index contributed by atoms with van der Waals surface area (Å²) in [6, 6.07) is 10.4. The number of phenols is 1. The summed E-state index contributed by atoms with van der Waals surface area (Å²) >= 11 is 5.44. The number of urea groups is 1. The number of rotatable bonds is 19. The zero-order valence-electron chi connectivity index (χ0n) is 31.5. The van der Waals surface area contributed by atoms with Gasteiger partial charge in [-0.2, -0.15) is 0 Å². The van der Waals surface area contributed by atoms with Crippen LogP contribution in [0.2, 0.25) is 0 Å². The number of hydrogen-bond donors (Lipinski definition) is 10. The lowest BCUT2D eigenvalue weighted by molar-refractivity contribution is -0.139. The summed E-state index contributed by atoms with van der Waals surface area (Å²) in [7, 11) is 0. The average Bonchev–Trinajstić information content (AvgIpc) is 3.15. The number of aromatic hydroxyl groups is 1. The van der Waals surface area contributed by atoms with Gasteiger partial charge in [-0.15, -0.1) is 0 Å². The van der Waals surface area contributed by atoms with Gasteiger partial charge in [-0.3, -0.25) is 19.2 Å². The van der Waals surface area contributed by atoms with Gasteiger partial charge in [0.25, 0.3) is 0 Å². The number of anilines is 1. The van der Waals surface area contributed by atoms with Crippen molar-refractivity contribution in [2.24, 2.45) is 0 Å². The number of carboxylic acids is 3. The Kier molecular flexibility index (Phi) is 15.5. The molecule has 0 unspecified atom stereocenters. The molecular formula is C39H44N6O12S. The Bertz CT molecular complexity index is 2230. The van der Waals surface area contributed by atoms with E-state index >= 15 is 0 Å². The first kappa shape index (κ1) is 44.0. The zero-order chi connectivity index (χ0) is 42.5. The largest absolute Gasteiger partial charge is 0.508 e. The highest BCUT2D eigenvalue weighted by atomic mass is 32.1. The molecule has 10 N–H and O–H groups in total. The van der Waals surface area contributed by atoms with Crippen LogP contribution in [0.5, 0.6) is 5.75 Å². The number of nitrogens with one attached hydrogen (secondary N) is 6. The molecule has 4 rings (SSSR count). The van der Waals surface area contributed by atoms with Crippen molar-refractivity contribution in [3.8, 4) is 28.2 Å². The number of hydrogen-bond acceptors (Lipinski definition) is 10. The molecule has 18 nitrogen and oxygen atoms in total. The molecule has 58 heavy (non-hydrogen) atoms. The Labute approximate surface area is 336 Å². The molecule has 1 aliphatic heterocycles. The maximum atomic E-state index is 12.5. The van der Waals surface area contributed by atoms with Crippen LogP contribution in [0, 0.1) is 0 Å². The van der Waals surface area contributed by atoms with E-state index in [-0.39, 0.29) is 90.3 Å². The monoisotopic (exact) mass is 820 g/mol. The predicted octanol–water partition coefficient (Wildman–Crippen LogP) is 3.44. The van der Waals surface area contributed by atoms with Crippen LogP contribution < -0.4 is 37.3 Å². The zero-order valence-corrected chi connectivity index (χ0v) is 32.4. The Balaban J connectivity index is 1.22. The first-order valence-corrected chi connectivity index (χ1v) is 18.6. The summed E-state index contributed by atoms with van der Waals surface area (Å²) < 4.78 is 5.88. The van der Waals surface area contributed by atoms with Crippen molar-refractivity contribution < 1.29 is 53.6 Å². The Morgan fingerprint density at radius 3 is 2.03 bits per heavy atom. The van der Waals surface area contributed by atoms with Gasteiger partial charge >= 0.3 is 23.9 Å². The summed E-state index contributed by atoms with van der Waals surface area (Å²) in [6.07, 6.45) is 0.0561. The lowest BCUT2D eigenvalue weighted by atomic mass is 9.90. The van der Waals surface area contributed by atoms with E-state index in [1.165, 1.54) is 30.3 Å². The highest BCUT2D eigenvalue weighted by Crippen LogP contribution is 2.42. The topological polar surface area (TPSA) is 286 Å². The van der Waals surface area contributed by atoms with Gasteiger partial charge in [0.1, 0.15) is 23.1 Å². The number of carboxylic acid groups (broad SMARTS) is 3. The van der Waals surface area contributed by atoms with Crippen molar-refractivity contribution in [2.45, 2.75) is 70.5 Å². The minimum Gasteiger partial charge on any atom is -0.508 e. The fourth-order valence-electron chi connectivity index (χ4n) is 5.93. The molecule has 2 aliphatic rings. The van der Waals surface area contributed by atoms with E-state index in [0.29, 0.717) is 34.2 Å². The van der Waals surface area contributed by atoms with Crippen LogP contribution in [-0.4, -0.2) is 92.5 Å². The summed E-state index contributed by atoms with van der Waals surface area (Å²) in [5.74, 6) is -4.22. The molecule has 3 atom stereocenters. The van der Waals surface area contributed by atoms with Crippen LogP contribution in [0.1, 0.15) is 62.7 Å². The lowest BCUT2D eigenvalue weighted by Crippen LogP contribution is -2.48. The molecule has 19 heteroatoms. The first-order chi connectivity index (χ1) is 27.5. The minimum atomic E-state index is -1.36. The number of carbonyl (C=O) groups excluding carboxylic acids is 3. The number of fused-ring (bicyclic) bond motifs is 2. The van der Waals surface area contributed by atoms with Crippen LogP contribution in [-0.2, 0) is 19.2 Å².